The molecule has 0 atom stereocenters. The van der Waals surface area contributed by atoms with Crippen LogP contribution < -0.4 is 10.6 Å². The maximum Gasteiger partial charge on any atom is 0.325 e. The molecule has 0 aliphatic carbocycles. The minimum atomic E-state index is -0.662. The predicted octanol–water partition coefficient (Wildman–Crippen LogP) is 4.76. The number of benzene rings is 2. The largest absolute Gasteiger partial charge is 0.325 e. The minimum Gasteiger partial charge on any atom is -0.302 e. The van der Waals surface area contributed by atoms with E-state index in [9.17, 15) is 14.9 Å². The molecule has 2 aromatic heterocycles. The zero-order chi connectivity index (χ0) is 20.4. The number of urea groups is 1. The van der Waals surface area contributed by atoms with E-state index >= 15 is 0 Å². The van der Waals surface area contributed by atoms with Crippen LogP contribution in [0.5, 0.6) is 0 Å². The van der Waals surface area contributed by atoms with Crippen molar-refractivity contribution in [2.24, 2.45) is 0 Å². The average molecular weight is 424 g/mol. The Labute approximate surface area is 172 Å². The van der Waals surface area contributed by atoms with Gasteiger partial charge in [0.25, 0.3) is 5.69 Å². The Morgan fingerprint density at radius 2 is 1.79 bits per heavy atom. The summed E-state index contributed by atoms with van der Waals surface area (Å²) in [6.07, 6.45) is 1.32. The van der Waals surface area contributed by atoms with E-state index in [2.05, 4.69) is 20.6 Å². The predicted molar refractivity (Wildman–Crippen MR) is 113 cm³/mol. The molecule has 2 heterocycles. The van der Waals surface area contributed by atoms with Crippen LogP contribution in [0.2, 0.25) is 0 Å². The Hall–Kier alpha value is -3.70. The summed E-state index contributed by atoms with van der Waals surface area (Å²) >= 11 is 6.73. The van der Waals surface area contributed by atoms with Gasteiger partial charge in [0.1, 0.15) is 16.7 Å². The van der Waals surface area contributed by atoms with Crippen LogP contribution in [0.4, 0.5) is 22.0 Å². The summed E-state index contributed by atoms with van der Waals surface area (Å²) in [7, 11) is 0. The number of rotatable bonds is 4. The van der Waals surface area contributed by atoms with Gasteiger partial charge in [0, 0.05) is 11.8 Å². The summed E-state index contributed by atoms with van der Waals surface area (Å²) in [4.78, 5) is 31.4. The van der Waals surface area contributed by atoms with Crippen molar-refractivity contribution in [3.05, 3.63) is 75.0 Å². The molecule has 0 bridgehead atoms. The van der Waals surface area contributed by atoms with E-state index in [4.69, 9.17) is 12.2 Å². The second-order valence-corrected chi connectivity index (χ2v) is 7.41. The van der Waals surface area contributed by atoms with E-state index < -0.39 is 11.0 Å². The van der Waals surface area contributed by atoms with Crippen LogP contribution in [0.25, 0.3) is 16.0 Å². The highest BCUT2D eigenvalue weighted by molar-refractivity contribution is 7.73. The molecule has 29 heavy (non-hydrogen) atoms. The highest BCUT2D eigenvalue weighted by Crippen LogP contribution is 2.30. The van der Waals surface area contributed by atoms with Gasteiger partial charge in [-0.2, -0.15) is 0 Å². The van der Waals surface area contributed by atoms with Gasteiger partial charge in [-0.1, -0.05) is 41.7 Å². The van der Waals surface area contributed by atoms with Gasteiger partial charge in [0.2, 0.25) is 0 Å². The number of aromatic nitrogens is 3. The van der Waals surface area contributed by atoms with Gasteiger partial charge in [0.15, 0.2) is 15.4 Å². The smallest absolute Gasteiger partial charge is 0.302 e. The van der Waals surface area contributed by atoms with Crippen molar-refractivity contribution in [3.8, 4) is 5.69 Å². The second-order valence-electron chi connectivity index (χ2n) is 5.77. The molecule has 0 saturated heterocycles. The van der Waals surface area contributed by atoms with Gasteiger partial charge < -0.3 is 5.32 Å². The Kier molecular flexibility index (Phi) is 4.97. The minimum absolute atomic E-state index is 0.0785. The number of amides is 2. The van der Waals surface area contributed by atoms with Crippen molar-refractivity contribution >= 4 is 57.1 Å². The van der Waals surface area contributed by atoms with E-state index in [1.165, 1.54) is 35.9 Å². The molecule has 0 spiro atoms. The summed E-state index contributed by atoms with van der Waals surface area (Å²) in [5.74, 6) is 0.261. The lowest BCUT2D eigenvalue weighted by atomic mass is 10.3. The van der Waals surface area contributed by atoms with Gasteiger partial charge in [-0.3, -0.25) is 20.0 Å². The first-order valence-corrected chi connectivity index (χ1v) is 9.50. The third-order valence-corrected chi connectivity index (χ3v) is 5.33. The van der Waals surface area contributed by atoms with Gasteiger partial charge in [-0.25, -0.2) is 14.8 Å². The number of carbonyl (C=O) groups is 1. The third-order valence-electron chi connectivity index (χ3n) is 3.96. The molecule has 0 aliphatic heterocycles. The Balaban J connectivity index is 1.67. The van der Waals surface area contributed by atoms with Gasteiger partial charge in [-0.15, -0.1) is 0 Å². The maximum absolute atomic E-state index is 12.4. The number of thiazole rings is 1. The van der Waals surface area contributed by atoms with E-state index in [1.807, 2.05) is 30.3 Å². The number of nitro benzene ring substituents is 1. The standard InChI is InChI=1S/C18H12N6O3S2/c25-17(21-12-8-4-5-9-13(12)24(26)27)22-15-14-16(20-10-19-15)23(18(28)29-14)11-6-2-1-3-7-11/h1-10H,(H2,19,20,21,22,25). The molecule has 11 heteroatoms. The quantitative estimate of drug-likeness (QED) is 0.277. The first-order valence-electron chi connectivity index (χ1n) is 8.28. The van der Waals surface area contributed by atoms with Crippen molar-refractivity contribution in [1.29, 1.82) is 0 Å². The number of hydrogen-bond donors (Lipinski definition) is 2. The van der Waals surface area contributed by atoms with E-state index in [0.717, 1.165) is 5.69 Å². The number of fused-ring (bicyclic) bond motifs is 1. The zero-order valence-electron chi connectivity index (χ0n) is 14.6. The lowest BCUT2D eigenvalue weighted by molar-refractivity contribution is -0.383. The van der Waals surface area contributed by atoms with Crippen LogP contribution in [-0.4, -0.2) is 25.5 Å². The van der Waals surface area contributed by atoms with Crippen molar-refractivity contribution in [2.75, 3.05) is 10.6 Å². The van der Waals surface area contributed by atoms with E-state index in [0.29, 0.717) is 14.3 Å². The molecular weight excluding hydrogens is 412 g/mol. The Bertz CT molecular complexity index is 1290. The summed E-state index contributed by atoms with van der Waals surface area (Å²) in [5.41, 5.74) is 1.27. The molecule has 2 N–H and O–H groups in total. The van der Waals surface area contributed by atoms with Gasteiger partial charge >= 0.3 is 6.03 Å². The molecule has 4 rings (SSSR count). The van der Waals surface area contributed by atoms with Crippen molar-refractivity contribution in [1.82, 2.24) is 14.5 Å². The molecule has 2 aromatic carbocycles. The SMILES string of the molecule is O=C(Nc1ccccc1[N+](=O)[O-])Nc1ncnc2c1sc(=S)n2-c1ccccc1. The normalized spacial score (nSPS) is 10.6. The Morgan fingerprint density at radius 1 is 1.07 bits per heavy atom. The molecular formula is C18H12N6O3S2. The molecule has 4 aromatic rings. The van der Waals surface area contributed by atoms with Crippen molar-refractivity contribution < 1.29 is 9.72 Å². The maximum atomic E-state index is 12.4. The highest BCUT2D eigenvalue weighted by atomic mass is 32.1. The average Bonchev–Trinajstić information content (AvgIpc) is 3.06. The summed E-state index contributed by atoms with van der Waals surface area (Å²) in [6.45, 7) is 0. The fourth-order valence-electron chi connectivity index (χ4n) is 2.73. The fraction of sp³-hybridized carbons (Fsp3) is 0. The topological polar surface area (TPSA) is 115 Å². The first-order chi connectivity index (χ1) is 14.0. The number of nitro groups is 1. The van der Waals surface area contributed by atoms with Crippen LogP contribution >= 0.6 is 23.6 Å². The monoisotopic (exact) mass is 424 g/mol. The first kappa shape index (κ1) is 18.7. The summed E-state index contributed by atoms with van der Waals surface area (Å²) in [5, 5.41) is 16.2. The lowest BCUT2D eigenvalue weighted by Crippen LogP contribution is -2.20. The molecule has 0 saturated carbocycles. The van der Waals surface area contributed by atoms with E-state index in [1.54, 1.807) is 10.6 Å². The van der Waals surface area contributed by atoms with Crippen LogP contribution in [0, 0.1) is 14.1 Å². The van der Waals surface area contributed by atoms with Gasteiger partial charge in [-0.05, 0) is 30.4 Å². The molecule has 0 radical (unpaired) electrons. The highest BCUT2D eigenvalue weighted by Gasteiger charge is 2.18. The second kappa shape index (κ2) is 7.73. The van der Waals surface area contributed by atoms with Crippen LogP contribution in [0.3, 0.4) is 0 Å². The Morgan fingerprint density at radius 3 is 2.55 bits per heavy atom. The molecule has 0 unspecified atom stereocenters. The number of anilines is 2. The zero-order valence-corrected chi connectivity index (χ0v) is 16.2. The summed E-state index contributed by atoms with van der Waals surface area (Å²) in [6, 6.07) is 14.7. The van der Waals surface area contributed by atoms with Crippen LogP contribution in [0.15, 0.2) is 60.9 Å². The van der Waals surface area contributed by atoms with Crippen LogP contribution in [-0.2, 0) is 0 Å². The van der Waals surface area contributed by atoms with Gasteiger partial charge in [0.05, 0.1) is 4.92 Å². The molecule has 144 valence electrons. The van der Waals surface area contributed by atoms with Crippen molar-refractivity contribution in [2.45, 2.75) is 0 Å². The van der Waals surface area contributed by atoms with Crippen molar-refractivity contribution in [3.63, 3.8) is 0 Å². The lowest BCUT2D eigenvalue weighted by Gasteiger charge is -2.08. The third kappa shape index (κ3) is 3.68. The molecule has 2 amide bonds. The molecule has 0 fully saturated rings. The number of para-hydroxylation sites is 3. The number of nitrogens with one attached hydrogen (secondary N) is 2. The number of nitrogens with zero attached hydrogens (tertiary/aromatic N) is 4. The molecule has 9 nitrogen and oxygen atoms in total. The number of carbonyl (C=O) groups excluding carboxylic acids is 1. The number of hydrogen-bond acceptors (Lipinski definition) is 7. The van der Waals surface area contributed by atoms with Crippen LogP contribution in [0.1, 0.15) is 0 Å². The molecule has 0 aliphatic rings. The van der Waals surface area contributed by atoms with E-state index in [-0.39, 0.29) is 17.2 Å². The fourth-order valence-corrected chi connectivity index (χ4v) is 4.07. The summed E-state index contributed by atoms with van der Waals surface area (Å²) < 4.78 is 2.94.